The van der Waals surface area contributed by atoms with Crippen LogP contribution in [0.3, 0.4) is 0 Å². The van der Waals surface area contributed by atoms with Crippen molar-refractivity contribution in [3.05, 3.63) is 35.1 Å². The first kappa shape index (κ1) is 12.4. The molecule has 0 saturated carbocycles. The Morgan fingerprint density at radius 1 is 1.47 bits per heavy atom. The maximum absolute atomic E-state index is 13.3. The van der Waals surface area contributed by atoms with Gasteiger partial charge >= 0.3 is 0 Å². The van der Waals surface area contributed by atoms with Crippen LogP contribution in [0.5, 0.6) is 0 Å². The Labute approximate surface area is 95.2 Å². The molecule has 1 heterocycles. The molecule has 4 heteroatoms. The summed E-state index contributed by atoms with van der Waals surface area (Å²) in [4.78, 5) is 0. The van der Waals surface area contributed by atoms with Crippen molar-refractivity contribution >= 4 is 12.4 Å². The van der Waals surface area contributed by atoms with Crippen molar-refractivity contribution in [3.8, 4) is 0 Å². The Morgan fingerprint density at radius 3 is 2.87 bits per heavy atom. The zero-order valence-electron chi connectivity index (χ0n) is 8.63. The molecule has 0 bridgehead atoms. The van der Waals surface area contributed by atoms with Gasteiger partial charge in [-0.3, -0.25) is 0 Å². The smallest absolute Gasteiger partial charge is 0.126 e. The summed E-state index contributed by atoms with van der Waals surface area (Å²) >= 11 is 0. The molecule has 0 spiro atoms. The number of hydrogen-bond acceptors (Lipinski definition) is 2. The van der Waals surface area contributed by atoms with Gasteiger partial charge in [-0.25, -0.2) is 4.39 Å². The van der Waals surface area contributed by atoms with Gasteiger partial charge < -0.3 is 10.1 Å². The fourth-order valence-corrected chi connectivity index (χ4v) is 1.61. The van der Waals surface area contributed by atoms with Crippen LogP contribution in [0, 0.1) is 12.7 Å². The Balaban J connectivity index is 0.00000112. The highest BCUT2D eigenvalue weighted by Gasteiger charge is 2.15. The zero-order chi connectivity index (χ0) is 9.97. The van der Waals surface area contributed by atoms with E-state index in [0.717, 1.165) is 18.7 Å². The van der Waals surface area contributed by atoms with Gasteiger partial charge in [-0.1, -0.05) is 12.1 Å². The average molecular weight is 232 g/mol. The predicted octanol–water partition coefficient (Wildman–Crippen LogP) is 2.22. The van der Waals surface area contributed by atoms with Crippen LogP contribution in [-0.2, 0) is 4.74 Å². The Kier molecular flexibility index (Phi) is 4.51. The molecule has 1 aromatic rings. The molecule has 0 aliphatic carbocycles. The van der Waals surface area contributed by atoms with Crippen molar-refractivity contribution in [3.63, 3.8) is 0 Å². The van der Waals surface area contributed by atoms with Crippen LogP contribution in [0.15, 0.2) is 18.2 Å². The molecule has 0 amide bonds. The normalized spacial score (nSPS) is 20.8. The van der Waals surface area contributed by atoms with E-state index in [-0.39, 0.29) is 24.3 Å². The molecule has 0 unspecified atom stereocenters. The first-order chi connectivity index (χ1) is 6.77. The van der Waals surface area contributed by atoms with Gasteiger partial charge in [0.1, 0.15) is 5.82 Å². The average Bonchev–Trinajstić information content (AvgIpc) is 2.23. The van der Waals surface area contributed by atoms with Gasteiger partial charge in [0, 0.05) is 6.54 Å². The van der Waals surface area contributed by atoms with Crippen LogP contribution in [0.4, 0.5) is 4.39 Å². The highest BCUT2D eigenvalue weighted by atomic mass is 35.5. The van der Waals surface area contributed by atoms with Gasteiger partial charge in [0.25, 0.3) is 0 Å². The molecule has 1 N–H and O–H groups in total. The maximum Gasteiger partial charge on any atom is 0.126 e. The first-order valence-corrected chi connectivity index (χ1v) is 4.84. The Morgan fingerprint density at radius 2 is 2.27 bits per heavy atom. The summed E-state index contributed by atoms with van der Waals surface area (Å²) in [5.74, 6) is -0.144. The fraction of sp³-hybridized carbons (Fsp3) is 0.455. The molecular formula is C11H15ClFNO. The van der Waals surface area contributed by atoms with Crippen molar-refractivity contribution in [2.75, 3.05) is 19.8 Å². The number of morpholine rings is 1. The third-order valence-corrected chi connectivity index (χ3v) is 2.52. The van der Waals surface area contributed by atoms with E-state index in [4.69, 9.17) is 4.74 Å². The summed E-state index contributed by atoms with van der Waals surface area (Å²) < 4.78 is 18.6. The lowest BCUT2D eigenvalue weighted by Crippen LogP contribution is -2.34. The molecule has 84 valence electrons. The second kappa shape index (κ2) is 5.45. The largest absolute Gasteiger partial charge is 0.378 e. The van der Waals surface area contributed by atoms with Gasteiger partial charge in [0.05, 0.1) is 19.3 Å². The third-order valence-electron chi connectivity index (χ3n) is 2.52. The topological polar surface area (TPSA) is 21.3 Å². The quantitative estimate of drug-likeness (QED) is 0.800. The van der Waals surface area contributed by atoms with Crippen LogP contribution >= 0.6 is 12.4 Å². The molecule has 1 fully saturated rings. The number of benzene rings is 1. The summed E-state index contributed by atoms with van der Waals surface area (Å²) in [6.45, 7) is 3.97. The van der Waals surface area contributed by atoms with E-state index in [1.807, 2.05) is 6.07 Å². The molecule has 1 aliphatic rings. The molecule has 1 aromatic carbocycles. The third kappa shape index (κ3) is 2.91. The lowest BCUT2D eigenvalue weighted by Gasteiger charge is -2.24. The van der Waals surface area contributed by atoms with Crippen LogP contribution in [0.1, 0.15) is 17.2 Å². The molecule has 15 heavy (non-hydrogen) atoms. The van der Waals surface area contributed by atoms with E-state index in [2.05, 4.69) is 5.32 Å². The molecular weight excluding hydrogens is 217 g/mol. The maximum atomic E-state index is 13.3. The highest BCUT2D eigenvalue weighted by molar-refractivity contribution is 5.85. The number of ether oxygens (including phenoxy) is 1. The van der Waals surface area contributed by atoms with Gasteiger partial charge in [-0.05, 0) is 24.1 Å². The Bertz CT molecular complexity index is 326. The summed E-state index contributed by atoms with van der Waals surface area (Å²) in [6, 6.07) is 5.48. The standard InChI is InChI=1S/C11H14FNO.ClH/c1-8-2-3-9(6-10(8)12)11-7-14-5-4-13-11;/h2-3,6,11,13H,4-5,7H2,1H3;1H/t11-;/m0./s1. The van der Waals surface area contributed by atoms with Crippen LogP contribution in [0.25, 0.3) is 0 Å². The van der Waals surface area contributed by atoms with Crippen molar-refractivity contribution in [1.82, 2.24) is 5.32 Å². The molecule has 0 aromatic heterocycles. The van der Waals surface area contributed by atoms with Crippen LogP contribution in [-0.4, -0.2) is 19.8 Å². The number of nitrogens with one attached hydrogen (secondary N) is 1. The number of rotatable bonds is 1. The minimum atomic E-state index is -0.144. The molecule has 0 radical (unpaired) electrons. The SMILES string of the molecule is Cc1ccc([C@@H]2COCCN2)cc1F.Cl. The van der Waals surface area contributed by atoms with Gasteiger partial charge in [0.2, 0.25) is 0 Å². The molecule has 2 nitrogen and oxygen atoms in total. The van der Waals surface area contributed by atoms with Crippen molar-refractivity contribution in [1.29, 1.82) is 0 Å². The summed E-state index contributed by atoms with van der Waals surface area (Å²) in [5, 5.41) is 3.29. The number of halogens is 2. The van der Waals surface area contributed by atoms with Gasteiger partial charge in [-0.2, -0.15) is 0 Å². The summed E-state index contributed by atoms with van der Waals surface area (Å²) in [6.07, 6.45) is 0. The monoisotopic (exact) mass is 231 g/mol. The van der Waals surface area contributed by atoms with E-state index in [1.54, 1.807) is 19.1 Å². The van der Waals surface area contributed by atoms with Crippen LogP contribution in [0.2, 0.25) is 0 Å². The van der Waals surface area contributed by atoms with E-state index >= 15 is 0 Å². The summed E-state index contributed by atoms with van der Waals surface area (Å²) in [7, 11) is 0. The zero-order valence-corrected chi connectivity index (χ0v) is 9.44. The van der Waals surface area contributed by atoms with E-state index in [9.17, 15) is 4.39 Å². The lowest BCUT2D eigenvalue weighted by molar-refractivity contribution is 0.0768. The molecule has 1 aliphatic heterocycles. The van der Waals surface area contributed by atoms with Gasteiger partial charge in [-0.15, -0.1) is 12.4 Å². The number of hydrogen-bond donors (Lipinski definition) is 1. The van der Waals surface area contributed by atoms with Crippen LogP contribution < -0.4 is 5.32 Å². The van der Waals surface area contributed by atoms with E-state index in [1.165, 1.54) is 0 Å². The number of aryl methyl sites for hydroxylation is 1. The lowest BCUT2D eigenvalue weighted by atomic mass is 10.0. The highest BCUT2D eigenvalue weighted by Crippen LogP contribution is 2.18. The molecule has 1 atom stereocenters. The second-order valence-corrected chi connectivity index (χ2v) is 3.59. The van der Waals surface area contributed by atoms with E-state index in [0.29, 0.717) is 12.2 Å². The van der Waals surface area contributed by atoms with Crippen molar-refractivity contribution < 1.29 is 9.13 Å². The summed E-state index contributed by atoms with van der Waals surface area (Å²) in [5.41, 5.74) is 1.65. The van der Waals surface area contributed by atoms with Crippen molar-refractivity contribution in [2.45, 2.75) is 13.0 Å². The van der Waals surface area contributed by atoms with E-state index < -0.39 is 0 Å². The fourth-order valence-electron chi connectivity index (χ4n) is 1.61. The minimum Gasteiger partial charge on any atom is -0.378 e. The first-order valence-electron chi connectivity index (χ1n) is 4.84. The predicted molar refractivity (Wildman–Crippen MR) is 59.9 cm³/mol. The van der Waals surface area contributed by atoms with Gasteiger partial charge in [0.15, 0.2) is 0 Å². The molecule has 1 saturated heterocycles. The molecule has 2 rings (SSSR count). The second-order valence-electron chi connectivity index (χ2n) is 3.59. The minimum absolute atomic E-state index is 0. The van der Waals surface area contributed by atoms with Crippen molar-refractivity contribution in [2.24, 2.45) is 0 Å². The Hall–Kier alpha value is -0.640.